The number of furan rings is 1. The number of methoxy groups -OCH3 is 1. The van der Waals surface area contributed by atoms with Crippen LogP contribution in [0.5, 0.6) is 0 Å². The number of ether oxygens (including phenoxy) is 3. The Labute approximate surface area is 224 Å². The van der Waals surface area contributed by atoms with Crippen LogP contribution < -0.4 is 0 Å². The second-order valence-corrected chi connectivity index (χ2v) is 13.1. The van der Waals surface area contributed by atoms with Crippen molar-refractivity contribution in [2.75, 3.05) is 7.11 Å². The number of hydrogen-bond acceptors (Lipinski definition) is 7. The first-order chi connectivity index (χ1) is 17.9. The third-order valence-electron chi connectivity index (χ3n) is 11.6. The Balaban J connectivity index is 1.53. The van der Waals surface area contributed by atoms with E-state index in [1.165, 1.54) is 23.8 Å². The molecule has 0 radical (unpaired) electrons. The Hall–Kier alpha value is -2.41. The van der Waals surface area contributed by atoms with Crippen molar-refractivity contribution in [3.63, 3.8) is 0 Å². The molecule has 4 fully saturated rings. The van der Waals surface area contributed by atoms with Gasteiger partial charge in [0.25, 0.3) is 0 Å². The summed E-state index contributed by atoms with van der Waals surface area (Å²) in [5.41, 5.74) is 1.24. The van der Waals surface area contributed by atoms with Crippen molar-refractivity contribution in [1.82, 2.24) is 0 Å². The summed E-state index contributed by atoms with van der Waals surface area (Å²) in [5, 5.41) is 0. The number of hydrogen-bond donors (Lipinski definition) is 0. The third kappa shape index (κ3) is 2.97. The van der Waals surface area contributed by atoms with E-state index in [-0.39, 0.29) is 48.0 Å². The predicted octanol–water partition coefficient (Wildman–Crippen LogP) is 5.48. The van der Waals surface area contributed by atoms with Crippen LogP contribution in [0, 0.1) is 28.1 Å². The van der Waals surface area contributed by atoms with Crippen molar-refractivity contribution in [3.8, 4) is 0 Å². The topological polar surface area (TPSA) is 92.0 Å². The highest BCUT2D eigenvalue weighted by Crippen LogP contribution is 2.73. The third-order valence-corrected chi connectivity index (χ3v) is 11.6. The molecule has 7 nitrogen and oxygen atoms in total. The molecule has 7 heteroatoms. The van der Waals surface area contributed by atoms with Crippen LogP contribution in [0.3, 0.4) is 0 Å². The average molecular weight is 525 g/mol. The summed E-state index contributed by atoms with van der Waals surface area (Å²) in [4.78, 5) is 40.2. The van der Waals surface area contributed by atoms with Crippen molar-refractivity contribution < 1.29 is 33.0 Å². The molecule has 0 amide bonds. The molecule has 3 unspecified atom stereocenters. The second kappa shape index (κ2) is 8.30. The summed E-state index contributed by atoms with van der Waals surface area (Å²) >= 11 is 0. The van der Waals surface area contributed by atoms with Crippen LogP contribution >= 0.6 is 0 Å². The Morgan fingerprint density at radius 3 is 2.63 bits per heavy atom. The molecule has 6 rings (SSSR count). The quantitative estimate of drug-likeness (QED) is 0.372. The van der Waals surface area contributed by atoms with Crippen LogP contribution in [0.4, 0.5) is 0 Å². The first kappa shape index (κ1) is 25.8. The van der Waals surface area contributed by atoms with Crippen molar-refractivity contribution in [3.05, 3.63) is 34.8 Å². The molecule has 0 bridgehead atoms. The summed E-state index contributed by atoms with van der Waals surface area (Å²) < 4.78 is 24.2. The highest BCUT2D eigenvalue weighted by atomic mass is 16.6. The van der Waals surface area contributed by atoms with Gasteiger partial charge in [0.15, 0.2) is 0 Å². The van der Waals surface area contributed by atoms with E-state index in [0.717, 1.165) is 18.6 Å². The first-order valence-corrected chi connectivity index (χ1v) is 14.2. The second-order valence-electron chi connectivity index (χ2n) is 13.1. The summed E-state index contributed by atoms with van der Waals surface area (Å²) in [6.45, 7) is 12.6. The van der Waals surface area contributed by atoms with Crippen molar-refractivity contribution in [1.29, 1.82) is 0 Å². The molecule has 5 aliphatic rings. The maximum Gasteiger partial charge on any atom is 0.312 e. The molecule has 3 heterocycles. The van der Waals surface area contributed by atoms with Gasteiger partial charge in [-0.3, -0.25) is 14.4 Å². The minimum Gasteiger partial charge on any atom is -0.469 e. The number of carbonyl (C=O) groups is 3. The van der Waals surface area contributed by atoms with Gasteiger partial charge in [-0.05, 0) is 50.7 Å². The van der Waals surface area contributed by atoms with Gasteiger partial charge in [-0.2, -0.15) is 0 Å². The van der Waals surface area contributed by atoms with Gasteiger partial charge < -0.3 is 18.6 Å². The number of rotatable bonds is 5. The molecule has 0 N–H and O–H groups in total. The van der Waals surface area contributed by atoms with Crippen molar-refractivity contribution in [2.24, 2.45) is 28.1 Å². The minimum absolute atomic E-state index is 0.0978. The van der Waals surface area contributed by atoms with Crippen LogP contribution in [-0.4, -0.2) is 43.1 Å². The normalized spacial score (nSPS) is 44.0. The lowest BCUT2D eigenvalue weighted by atomic mass is 9.40. The lowest BCUT2D eigenvalue weighted by molar-refractivity contribution is -0.197. The molecule has 1 aromatic rings. The fraction of sp³-hybridized carbons (Fsp3) is 0.710. The Kier molecular flexibility index (Phi) is 5.64. The SMILES string of the molecule is CCC(C)c1occc1C1CC2O[C@@H]3[C@@H]4OC(=O)[C@]5(C)CCC(=O)[C@](C)([C@@H](CC(=O)OC)[C@]3(C)C2=C1C)[C@@H]45. The molecule has 1 aromatic heterocycles. The summed E-state index contributed by atoms with van der Waals surface area (Å²) in [6.07, 6.45) is 3.31. The molecule has 2 aliphatic heterocycles. The molecule has 2 saturated carbocycles. The van der Waals surface area contributed by atoms with Crippen LogP contribution in [0.1, 0.15) is 96.8 Å². The summed E-state index contributed by atoms with van der Waals surface area (Å²) in [7, 11) is 1.39. The molecule has 0 spiro atoms. The zero-order valence-electron chi connectivity index (χ0n) is 23.6. The van der Waals surface area contributed by atoms with E-state index in [2.05, 4.69) is 33.8 Å². The minimum atomic E-state index is -0.912. The maximum atomic E-state index is 13.9. The molecular weight excluding hydrogens is 484 g/mol. The number of fused-ring (bicyclic) bond motifs is 4. The molecular formula is C31H40O7. The average Bonchev–Trinajstić information content (AvgIpc) is 3.62. The highest BCUT2D eigenvalue weighted by Gasteiger charge is 2.78. The maximum absolute atomic E-state index is 13.9. The predicted molar refractivity (Wildman–Crippen MR) is 138 cm³/mol. The smallest absolute Gasteiger partial charge is 0.312 e. The molecule has 10 atom stereocenters. The summed E-state index contributed by atoms with van der Waals surface area (Å²) in [5.74, 6) is 0.280. The van der Waals surface area contributed by atoms with Crippen molar-refractivity contribution in [2.45, 2.75) is 104 Å². The monoisotopic (exact) mass is 524 g/mol. The number of allylic oxidation sites excluding steroid dienone is 1. The molecule has 2 saturated heterocycles. The van der Waals surface area contributed by atoms with E-state index in [1.807, 2.05) is 13.8 Å². The number of Topliss-reactive ketones (excluding diaryl/α,β-unsaturated/α-hetero) is 1. The lowest BCUT2D eigenvalue weighted by Gasteiger charge is -2.60. The first-order valence-electron chi connectivity index (χ1n) is 14.2. The van der Waals surface area contributed by atoms with E-state index in [0.29, 0.717) is 18.8 Å². The number of ketones is 1. The summed E-state index contributed by atoms with van der Waals surface area (Å²) in [6, 6.07) is 2.08. The fourth-order valence-corrected chi connectivity index (χ4v) is 9.52. The standard InChI is InChI=1S/C31H40O7/c1-8-15(2)24-17(10-12-36-24)18-13-19-23(16(18)3)31(6)20(14-22(33)35-7)30(5)21(32)9-11-29(4)26(30)25(27(31)37-19)38-28(29)34/h10,12,15,18-20,25-27H,8-9,11,13-14H2,1-7H3/t15?,18?,19?,20-,25-,26+,27-,29-,30+,31-/m1/s1. The van der Waals surface area contributed by atoms with Gasteiger partial charge in [-0.1, -0.05) is 33.3 Å². The van der Waals surface area contributed by atoms with Gasteiger partial charge in [0.05, 0.1) is 31.3 Å². The fourth-order valence-electron chi connectivity index (χ4n) is 9.52. The van der Waals surface area contributed by atoms with Crippen LogP contribution in [0.15, 0.2) is 27.9 Å². The molecule has 0 aromatic carbocycles. The Bertz CT molecular complexity index is 1240. The lowest BCUT2D eigenvalue weighted by Crippen LogP contribution is -2.67. The van der Waals surface area contributed by atoms with Crippen LogP contribution in [0.2, 0.25) is 0 Å². The largest absolute Gasteiger partial charge is 0.469 e. The Morgan fingerprint density at radius 2 is 1.95 bits per heavy atom. The zero-order valence-corrected chi connectivity index (χ0v) is 23.6. The van der Waals surface area contributed by atoms with Crippen molar-refractivity contribution >= 4 is 17.7 Å². The molecule has 3 aliphatic carbocycles. The van der Waals surface area contributed by atoms with Gasteiger partial charge >= 0.3 is 11.9 Å². The number of esters is 2. The van der Waals surface area contributed by atoms with Gasteiger partial charge in [-0.15, -0.1) is 0 Å². The highest BCUT2D eigenvalue weighted by molar-refractivity contribution is 5.92. The Morgan fingerprint density at radius 1 is 1.21 bits per heavy atom. The zero-order chi connectivity index (χ0) is 27.4. The van der Waals surface area contributed by atoms with E-state index in [4.69, 9.17) is 18.6 Å². The van der Waals surface area contributed by atoms with Gasteiger partial charge in [-0.25, -0.2) is 0 Å². The van der Waals surface area contributed by atoms with E-state index in [1.54, 1.807) is 6.26 Å². The van der Waals surface area contributed by atoms with Crippen LogP contribution in [-0.2, 0) is 28.6 Å². The van der Waals surface area contributed by atoms with Gasteiger partial charge in [0, 0.05) is 40.6 Å². The van der Waals surface area contributed by atoms with Crippen LogP contribution in [0.25, 0.3) is 0 Å². The van der Waals surface area contributed by atoms with E-state index >= 15 is 0 Å². The van der Waals surface area contributed by atoms with Gasteiger partial charge in [0.2, 0.25) is 0 Å². The molecule has 38 heavy (non-hydrogen) atoms. The van der Waals surface area contributed by atoms with E-state index in [9.17, 15) is 14.4 Å². The number of carbonyl (C=O) groups excluding carboxylic acids is 3. The van der Waals surface area contributed by atoms with Gasteiger partial charge in [0.1, 0.15) is 23.8 Å². The molecule has 206 valence electrons. The van der Waals surface area contributed by atoms with E-state index < -0.39 is 28.5 Å².